The summed E-state index contributed by atoms with van der Waals surface area (Å²) < 4.78 is 6.34. The van der Waals surface area contributed by atoms with Gasteiger partial charge in [-0.1, -0.05) is 40.2 Å². The minimum Gasteiger partial charge on any atom is -0.461 e. The highest BCUT2D eigenvalue weighted by molar-refractivity contribution is 8.00. The molecule has 192 valence electrons. The standard InChI is InChI=1S/C28H45NO4S/c1-6-26(4)15-22(33-23(31)16-34-20-9-7-8-19(29)14-20)27(5)17(2)10-12-28(18(3)25(26)32)13-11-21(30)24(27)28/h6,17-20,22,24-25,32H,1,7-16,29H2,2-5H3/t17?,18-,19?,20?,22+,24?,25?,26+,27-,28?/m0/s1. The monoisotopic (exact) mass is 491 g/mol. The van der Waals surface area contributed by atoms with Crippen LogP contribution in [0.25, 0.3) is 0 Å². The number of aliphatic hydroxyl groups is 1. The number of hydrogen-bond acceptors (Lipinski definition) is 6. The van der Waals surface area contributed by atoms with E-state index in [1.54, 1.807) is 11.8 Å². The second kappa shape index (κ2) is 9.55. The molecule has 3 N–H and O–H groups in total. The lowest BCUT2D eigenvalue weighted by Gasteiger charge is -2.61. The van der Waals surface area contributed by atoms with E-state index in [1.165, 1.54) is 0 Å². The van der Waals surface area contributed by atoms with Crippen LogP contribution < -0.4 is 5.73 Å². The number of thioether (sulfide) groups is 1. The SMILES string of the molecule is C=C[C@]1(C)C[C@@H](OC(=O)CSC2CCCC(N)C2)[C@]2(C)C(C)CCC3(CCC(=O)C32)[C@@H](C)C1O. The Bertz CT molecular complexity index is 818. The zero-order valence-electron chi connectivity index (χ0n) is 21.6. The Kier molecular flexibility index (Phi) is 7.37. The predicted octanol–water partition coefficient (Wildman–Crippen LogP) is 4.90. The first-order chi connectivity index (χ1) is 16.0. The summed E-state index contributed by atoms with van der Waals surface area (Å²) in [5.74, 6) is 0.462. The lowest BCUT2D eigenvalue weighted by atomic mass is 9.44. The van der Waals surface area contributed by atoms with Gasteiger partial charge in [0.25, 0.3) is 0 Å². The average Bonchev–Trinajstić information content (AvgIpc) is 3.16. The minimum atomic E-state index is -0.629. The molecule has 5 nitrogen and oxygen atoms in total. The fraction of sp³-hybridized carbons (Fsp3) is 0.857. The summed E-state index contributed by atoms with van der Waals surface area (Å²) in [4.78, 5) is 26.7. The van der Waals surface area contributed by atoms with Gasteiger partial charge in [-0.05, 0) is 62.2 Å². The molecule has 6 unspecified atom stereocenters. The van der Waals surface area contributed by atoms with Gasteiger partial charge in [-0.15, -0.1) is 18.3 Å². The lowest BCUT2D eigenvalue weighted by Crippen LogP contribution is -2.63. The molecule has 0 heterocycles. The number of carbonyl (C=O) groups excluding carboxylic acids is 2. The Morgan fingerprint density at radius 1 is 1.26 bits per heavy atom. The van der Waals surface area contributed by atoms with Crippen LogP contribution in [0.3, 0.4) is 0 Å². The van der Waals surface area contributed by atoms with Crippen LogP contribution >= 0.6 is 11.8 Å². The van der Waals surface area contributed by atoms with E-state index in [4.69, 9.17) is 10.5 Å². The molecule has 6 heteroatoms. The Balaban J connectivity index is 1.63. The van der Waals surface area contributed by atoms with Crippen LogP contribution in [0.2, 0.25) is 0 Å². The summed E-state index contributed by atoms with van der Waals surface area (Å²) in [6, 6.07) is 0.230. The van der Waals surface area contributed by atoms with Crippen molar-refractivity contribution < 1.29 is 19.4 Å². The molecule has 0 radical (unpaired) electrons. The molecule has 0 aromatic carbocycles. The third-order valence-electron chi connectivity index (χ3n) is 10.7. The molecule has 0 aromatic heterocycles. The molecule has 0 saturated heterocycles. The summed E-state index contributed by atoms with van der Waals surface area (Å²) >= 11 is 1.66. The summed E-state index contributed by atoms with van der Waals surface area (Å²) in [6.07, 6.45) is 8.85. The summed E-state index contributed by atoms with van der Waals surface area (Å²) in [5, 5.41) is 12.0. The van der Waals surface area contributed by atoms with Crippen molar-refractivity contribution in [2.45, 2.75) is 109 Å². The molecule has 2 bridgehead atoms. The van der Waals surface area contributed by atoms with Gasteiger partial charge in [-0.2, -0.15) is 0 Å². The molecule has 4 fully saturated rings. The van der Waals surface area contributed by atoms with E-state index in [0.717, 1.165) is 44.9 Å². The largest absolute Gasteiger partial charge is 0.461 e. The van der Waals surface area contributed by atoms with Crippen LogP contribution in [0.15, 0.2) is 12.7 Å². The summed E-state index contributed by atoms with van der Waals surface area (Å²) in [7, 11) is 0. The van der Waals surface area contributed by atoms with Gasteiger partial charge in [0.1, 0.15) is 11.9 Å². The van der Waals surface area contributed by atoms with Crippen LogP contribution in [0.5, 0.6) is 0 Å². The summed E-state index contributed by atoms with van der Waals surface area (Å²) in [6.45, 7) is 12.7. The molecule has 34 heavy (non-hydrogen) atoms. The van der Waals surface area contributed by atoms with E-state index in [9.17, 15) is 14.7 Å². The summed E-state index contributed by atoms with van der Waals surface area (Å²) in [5.41, 5.74) is 4.87. The second-order valence-corrected chi connectivity index (χ2v) is 13.7. The Labute approximate surface area is 210 Å². The number of rotatable bonds is 5. The zero-order valence-corrected chi connectivity index (χ0v) is 22.4. The Hall–Kier alpha value is -0.850. The number of aliphatic hydroxyl groups excluding tert-OH is 1. The molecular weight excluding hydrogens is 446 g/mol. The quantitative estimate of drug-likeness (QED) is 0.420. The highest BCUT2D eigenvalue weighted by atomic mass is 32.2. The van der Waals surface area contributed by atoms with Crippen molar-refractivity contribution in [1.82, 2.24) is 0 Å². The first kappa shape index (κ1) is 26.2. The number of ketones is 1. The third-order valence-corrected chi connectivity index (χ3v) is 12.0. The highest BCUT2D eigenvalue weighted by Crippen LogP contribution is 2.68. The van der Waals surface area contributed by atoms with Crippen LogP contribution in [0.1, 0.15) is 85.5 Å². The lowest BCUT2D eigenvalue weighted by molar-refractivity contribution is -0.205. The number of hydrogen-bond donors (Lipinski definition) is 2. The predicted molar refractivity (Wildman–Crippen MR) is 137 cm³/mol. The van der Waals surface area contributed by atoms with Gasteiger partial charge >= 0.3 is 5.97 Å². The number of ether oxygens (including phenoxy) is 1. The van der Waals surface area contributed by atoms with Gasteiger partial charge in [0.15, 0.2) is 0 Å². The minimum absolute atomic E-state index is 0.0125. The van der Waals surface area contributed by atoms with Crippen molar-refractivity contribution >= 4 is 23.5 Å². The van der Waals surface area contributed by atoms with Crippen LogP contribution in [0, 0.1) is 34.0 Å². The van der Waals surface area contributed by atoms with E-state index in [-0.39, 0.29) is 35.2 Å². The van der Waals surface area contributed by atoms with Gasteiger partial charge < -0.3 is 15.6 Å². The van der Waals surface area contributed by atoms with Gasteiger partial charge in [0, 0.05) is 34.5 Å². The Morgan fingerprint density at radius 3 is 2.68 bits per heavy atom. The molecule has 4 saturated carbocycles. The molecule has 0 amide bonds. The average molecular weight is 492 g/mol. The third kappa shape index (κ3) is 4.20. The number of nitrogens with two attached hydrogens (primary N) is 1. The molecule has 4 aliphatic rings. The van der Waals surface area contributed by atoms with Crippen molar-refractivity contribution in [1.29, 1.82) is 0 Å². The molecule has 0 spiro atoms. The van der Waals surface area contributed by atoms with Crippen molar-refractivity contribution in [3.8, 4) is 0 Å². The molecule has 0 aromatic rings. The van der Waals surface area contributed by atoms with Gasteiger partial charge in [-0.3, -0.25) is 9.59 Å². The smallest absolute Gasteiger partial charge is 0.316 e. The fourth-order valence-corrected chi connectivity index (χ4v) is 9.37. The van der Waals surface area contributed by atoms with E-state index in [0.29, 0.717) is 29.6 Å². The maximum absolute atomic E-state index is 13.5. The van der Waals surface area contributed by atoms with Crippen LogP contribution in [0.4, 0.5) is 0 Å². The molecule has 10 atom stereocenters. The fourth-order valence-electron chi connectivity index (χ4n) is 8.21. The van der Waals surface area contributed by atoms with E-state index < -0.39 is 23.0 Å². The number of carbonyl (C=O) groups is 2. The second-order valence-electron chi connectivity index (χ2n) is 12.4. The van der Waals surface area contributed by atoms with Crippen molar-refractivity contribution in [3.05, 3.63) is 12.7 Å². The number of Topliss-reactive ketones (excluding diaryl/α,β-unsaturated/α-hetero) is 1. The van der Waals surface area contributed by atoms with Gasteiger partial charge in [-0.25, -0.2) is 0 Å². The molecule has 0 aliphatic heterocycles. The van der Waals surface area contributed by atoms with Crippen molar-refractivity contribution in [3.63, 3.8) is 0 Å². The van der Waals surface area contributed by atoms with Crippen molar-refractivity contribution in [2.75, 3.05) is 5.75 Å². The number of esters is 1. The normalized spacial score (nSPS) is 49.0. The topological polar surface area (TPSA) is 89.6 Å². The van der Waals surface area contributed by atoms with E-state index in [2.05, 4.69) is 27.4 Å². The van der Waals surface area contributed by atoms with Gasteiger partial charge in [0.2, 0.25) is 0 Å². The van der Waals surface area contributed by atoms with Crippen LogP contribution in [-0.2, 0) is 14.3 Å². The molecular formula is C28H45NO4S. The van der Waals surface area contributed by atoms with Gasteiger partial charge in [0.05, 0.1) is 11.9 Å². The molecule has 4 rings (SSSR count). The highest BCUT2D eigenvalue weighted by Gasteiger charge is 2.68. The maximum Gasteiger partial charge on any atom is 0.316 e. The van der Waals surface area contributed by atoms with Crippen LogP contribution in [-0.4, -0.2) is 46.1 Å². The maximum atomic E-state index is 13.5. The first-order valence-corrected chi connectivity index (χ1v) is 14.4. The molecule has 4 aliphatic carbocycles. The zero-order chi connectivity index (χ0) is 24.9. The Morgan fingerprint density at radius 2 is 2.00 bits per heavy atom. The first-order valence-electron chi connectivity index (χ1n) is 13.4. The van der Waals surface area contributed by atoms with E-state index >= 15 is 0 Å². The van der Waals surface area contributed by atoms with E-state index in [1.807, 2.05) is 13.0 Å². The van der Waals surface area contributed by atoms with Crippen molar-refractivity contribution in [2.24, 2.45) is 39.7 Å².